The van der Waals surface area contributed by atoms with Gasteiger partial charge in [-0.1, -0.05) is 13.8 Å². The van der Waals surface area contributed by atoms with E-state index in [9.17, 15) is 9.18 Å². The second-order valence-electron chi connectivity index (χ2n) is 4.36. The van der Waals surface area contributed by atoms with Crippen molar-refractivity contribution in [1.82, 2.24) is 10.3 Å². The van der Waals surface area contributed by atoms with E-state index in [2.05, 4.69) is 24.2 Å². The predicted octanol–water partition coefficient (Wildman–Crippen LogP) is 2.00. The van der Waals surface area contributed by atoms with E-state index in [0.29, 0.717) is 16.9 Å². The summed E-state index contributed by atoms with van der Waals surface area (Å²) in [5.74, 6) is 5.88. The standard InChI is InChI=1S/C14H22FN3OS/c1-3-18(4-2)7-8-20-10-12-9-11(14(19)17-16)5-6-13(12)15/h5-6,9H,3-4,7-8,10,16H2,1-2H3,(H,17,19). The van der Waals surface area contributed by atoms with Crippen molar-refractivity contribution in [3.05, 3.63) is 35.1 Å². The monoisotopic (exact) mass is 299 g/mol. The van der Waals surface area contributed by atoms with E-state index in [4.69, 9.17) is 5.84 Å². The van der Waals surface area contributed by atoms with E-state index in [-0.39, 0.29) is 5.82 Å². The molecule has 0 aliphatic heterocycles. The van der Waals surface area contributed by atoms with Gasteiger partial charge in [-0.05, 0) is 36.9 Å². The first-order valence-electron chi connectivity index (χ1n) is 6.71. The molecule has 1 rings (SSSR count). The van der Waals surface area contributed by atoms with E-state index >= 15 is 0 Å². The van der Waals surface area contributed by atoms with Gasteiger partial charge in [0, 0.05) is 23.6 Å². The minimum absolute atomic E-state index is 0.283. The molecule has 6 heteroatoms. The molecule has 0 aromatic heterocycles. The highest BCUT2D eigenvalue weighted by molar-refractivity contribution is 7.98. The average Bonchev–Trinajstić information content (AvgIpc) is 2.48. The fourth-order valence-corrected chi connectivity index (χ4v) is 2.80. The number of nitrogens with zero attached hydrogens (tertiary/aromatic N) is 1. The minimum atomic E-state index is -0.403. The third kappa shape index (κ3) is 5.11. The molecule has 1 aromatic carbocycles. The molecule has 1 amide bonds. The van der Waals surface area contributed by atoms with Crippen LogP contribution in [0.25, 0.3) is 0 Å². The number of halogens is 1. The van der Waals surface area contributed by atoms with Gasteiger partial charge in [0.15, 0.2) is 0 Å². The van der Waals surface area contributed by atoms with E-state index in [1.807, 2.05) is 0 Å². The van der Waals surface area contributed by atoms with Gasteiger partial charge in [-0.25, -0.2) is 10.2 Å². The molecule has 0 aliphatic rings. The van der Waals surface area contributed by atoms with Crippen LogP contribution in [0.1, 0.15) is 29.8 Å². The van der Waals surface area contributed by atoms with Crippen molar-refractivity contribution in [2.24, 2.45) is 5.84 Å². The molecule has 112 valence electrons. The van der Waals surface area contributed by atoms with Crippen molar-refractivity contribution >= 4 is 17.7 Å². The van der Waals surface area contributed by atoms with Crippen LogP contribution in [-0.2, 0) is 5.75 Å². The maximum atomic E-state index is 13.7. The second-order valence-corrected chi connectivity index (χ2v) is 5.46. The molecule has 3 N–H and O–H groups in total. The highest BCUT2D eigenvalue weighted by atomic mass is 32.2. The van der Waals surface area contributed by atoms with Crippen LogP contribution >= 0.6 is 11.8 Å². The first kappa shape index (κ1) is 16.9. The maximum absolute atomic E-state index is 13.7. The third-order valence-corrected chi connectivity index (χ3v) is 4.13. The number of thioether (sulfide) groups is 1. The van der Waals surface area contributed by atoms with Crippen LogP contribution in [0.4, 0.5) is 4.39 Å². The number of hydrogen-bond acceptors (Lipinski definition) is 4. The van der Waals surface area contributed by atoms with Gasteiger partial charge in [-0.2, -0.15) is 11.8 Å². The van der Waals surface area contributed by atoms with Gasteiger partial charge in [-0.15, -0.1) is 0 Å². The van der Waals surface area contributed by atoms with Gasteiger partial charge >= 0.3 is 0 Å². The zero-order valence-corrected chi connectivity index (χ0v) is 12.8. The number of amides is 1. The Morgan fingerprint density at radius 3 is 2.70 bits per heavy atom. The molecule has 0 aliphatic carbocycles. The van der Waals surface area contributed by atoms with Crippen molar-refractivity contribution in [1.29, 1.82) is 0 Å². The van der Waals surface area contributed by atoms with Gasteiger partial charge in [0.05, 0.1) is 0 Å². The van der Waals surface area contributed by atoms with Crippen LogP contribution in [-0.4, -0.2) is 36.2 Å². The number of benzene rings is 1. The van der Waals surface area contributed by atoms with Gasteiger partial charge in [0.25, 0.3) is 5.91 Å². The Bertz CT molecular complexity index is 438. The Balaban J connectivity index is 2.52. The molecule has 0 spiro atoms. The van der Waals surface area contributed by atoms with Gasteiger partial charge < -0.3 is 4.90 Å². The highest BCUT2D eigenvalue weighted by Crippen LogP contribution is 2.17. The molecule has 1 aromatic rings. The molecular weight excluding hydrogens is 277 g/mol. The Labute approximate surface area is 123 Å². The number of rotatable bonds is 8. The van der Waals surface area contributed by atoms with Crippen molar-refractivity contribution < 1.29 is 9.18 Å². The van der Waals surface area contributed by atoms with Crippen LogP contribution in [0.2, 0.25) is 0 Å². The Kier molecular flexibility index (Phi) is 7.58. The number of carbonyl (C=O) groups excluding carboxylic acids is 1. The number of nitrogens with one attached hydrogen (secondary N) is 1. The summed E-state index contributed by atoms with van der Waals surface area (Å²) in [6, 6.07) is 4.30. The molecule has 0 unspecified atom stereocenters. The first-order valence-corrected chi connectivity index (χ1v) is 7.87. The molecule has 0 atom stereocenters. The van der Waals surface area contributed by atoms with E-state index in [1.165, 1.54) is 12.1 Å². The van der Waals surface area contributed by atoms with Gasteiger partial charge in [0.1, 0.15) is 5.82 Å². The van der Waals surface area contributed by atoms with Crippen molar-refractivity contribution in [2.45, 2.75) is 19.6 Å². The third-order valence-electron chi connectivity index (χ3n) is 3.14. The van der Waals surface area contributed by atoms with E-state index in [0.717, 1.165) is 25.4 Å². The molecule has 4 nitrogen and oxygen atoms in total. The summed E-state index contributed by atoms with van der Waals surface area (Å²) in [5, 5.41) is 0. The predicted molar refractivity (Wildman–Crippen MR) is 82.0 cm³/mol. The average molecular weight is 299 g/mol. The van der Waals surface area contributed by atoms with Crippen LogP contribution < -0.4 is 11.3 Å². The molecule has 0 radical (unpaired) electrons. The zero-order valence-electron chi connectivity index (χ0n) is 12.0. The molecule has 0 fully saturated rings. The van der Waals surface area contributed by atoms with Crippen LogP contribution in [0.3, 0.4) is 0 Å². The normalized spacial score (nSPS) is 10.8. The summed E-state index contributed by atoms with van der Waals surface area (Å²) >= 11 is 1.66. The number of nitrogens with two attached hydrogens (primary N) is 1. The zero-order chi connectivity index (χ0) is 15.0. The highest BCUT2D eigenvalue weighted by Gasteiger charge is 2.09. The molecule has 20 heavy (non-hydrogen) atoms. The topological polar surface area (TPSA) is 58.4 Å². The number of nitrogen functional groups attached to an aromatic ring is 1. The Morgan fingerprint density at radius 2 is 2.10 bits per heavy atom. The molecule has 0 heterocycles. The molecule has 0 bridgehead atoms. The van der Waals surface area contributed by atoms with Crippen LogP contribution in [0, 0.1) is 5.82 Å². The largest absolute Gasteiger partial charge is 0.303 e. The second kappa shape index (κ2) is 8.94. The summed E-state index contributed by atoms with van der Waals surface area (Å²) in [7, 11) is 0. The first-order chi connectivity index (χ1) is 9.62. The summed E-state index contributed by atoms with van der Waals surface area (Å²) in [6.45, 7) is 7.29. The molecule has 0 saturated carbocycles. The Morgan fingerprint density at radius 1 is 1.40 bits per heavy atom. The van der Waals surface area contributed by atoms with Crippen molar-refractivity contribution in [2.75, 3.05) is 25.4 Å². The number of hydrazine groups is 1. The lowest BCUT2D eigenvalue weighted by atomic mass is 10.1. The molecular formula is C14H22FN3OS. The van der Waals surface area contributed by atoms with Crippen molar-refractivity contribution in [3.8, 4) is 0 Å². The fraction of sp³-hybridized carbons (Fsp3) is 0.500. The lowest BCUT2D eigenvalue weighted by Gasteiger charge is -2.17. The molecule has 0 saturated heterocycles. The maximum Gasteiger partial charge on any atom is 0.265 e. The number of carbonyl (C=O) groups is 1. The van der Waals surface area contributed by atoms with E-state index in [1.54, 1.807) is 17.8 Å². The van der Waals surface area contributed by atoms with Crippen molar-refractivity contribution in [3.63, 3.8) is 0 Å². The fourth-order valence-electron chi connectivity index (χ4n) is 1.83. The van der Waals surface area contributed by atoms with Gasteiger partial charge in [-0.3, -0.25) is 10.2 Å². The Hall–Kier alpha value is -1.11. The lowest BCUT2D eigenvalue weighted by molar-refractivity contribution is 0.0953. The lowest BCUT2D eigenvalue weighted by Crippen LogP contribution is -2.30. The van der Waals surface area contributed by atoms with Crippen LogP contribution in [0.5, 0.6) is 0 Å². The summed E-state index contributed by atoms with van der Waals surface area (Å²) in [4.78, 5) is 13.7. The summed E-state index contributed by atoms with van der Waals surface area (Å²) in [6.07, 6.45) is 0. The quantitative estimate of drug-likeness (QED) is 0.334. The smallest absolute Gasteiger partial charge is 0.265 e. The SMILES string of the molecule is CCN(CC)CCSCc1cc(C(=O)NN)ccc1F. The number of hydrogen-bond donors (Lipinski definition) is 2. The summed E-state index contributed by atoms with van der Waals surface area (Å²) < 4.78 is 13.7. The minimum Gasteiger partial charge on any atom is -0.303 e. The summed E-state index contributed by atoms with van der Waals surface area (Å²) in [5.41, 5.74) is 2.97. The van der Waals surface area contributed by atoms with E-state index < -0.39 is 5.91 Å². The van der Waals surface area contributed by atoms with Crippen LogP contribution in [0.15, 0.2) is 18.2 Å². The van der Waals surface area contributed by atoms with Gasteiger partial charge in [0.2, 0.25) is 0 Å².